The molecule has 0 unspecified atom stereocenters. The summed E-state index contributed by atoms with van der Waals surface area (Å²) in [5, 5.41) is 2.63. The molecule has 1 N–H and O–H groups in total. The molecular weight excluding hydrogens is 391 g/mol. The van der Waals surface area contributed by atoms with Crippen molar-refractivity contribution in [3.63, 3.8) is 0 Å². The molecule has 1 fully saturated rings. The van der Waals surface area contributed by atoms with Crippen LogP contribution in [0.15, 0.2) is 39.4 Å². The second-order valence-corrected chi connectivity index (χ2v) is 6.50. The highest BCUT2D eigenvalue weighted by Crippen LogP contribution is 2.37. The van der Waals surface area contributed by atoms with Gasteiger partial charge in [-0.05, 0) is 62.9 Å². The normalized spacial score (nSPS) is 14.3. The highest BCUT2D eigenvalue weighted by Gasteiger charge is 2.28. The Hall–Kier alpha value is -1.14. The van der Waals surface area contributed by atoms with Gasteiger partial charge in [-0.15, -0.1) is 0 Å². The van der Waals surface area contributed by atoms with E-state index in [1.165, 1.54) is 6.07 Å². The van der Waals surface area contributed by atoms with Crippen LogP contribution in [0.2, 0.25) is 0 Å². The van der Waals surface area contributed by atoms with E-state index in [2.05, 4.69) is 37.2 Å². The highest BCUT2D eigenvalue weighted by molar-refractivity contribution is 9.10. The van der Waals surface area contributed by atoms with Gasteiger partial charge in [-0.2, -0.15) is 0 Å². The number of hydrogen-bond donors (Lipinski definition) is 1. The van der Waals surface area contributed by atoms with E-state index in [0.717, 1.165) is 17.3 Å². The van der Waals surface area contributed by atoms with Crippen molar-refractivity contribution in [1.82, 2.24) is 4.57 Å². The third-order valence-electron chi connectivity index (χ3n) is 3.19. The first-order valence-corrected chi connectivity index (χ1v) is 7.77. The van der Waals surface area contributed by atoms with Crippen molar-refractivity contribution in [3.8, 4) is 0 Å². The standard InChI is InChI=1S/C14H11Br2FN2O/c15-8-6-12(19(7-8)9-4-5-9)14(20)18-13-10(16)2-1-3-11(13)17/h1-3,6-7,9H,4-5H2,(H,18,20). The smallest absolute Gasteiger partial charge is 0.272 e. The third-order valence-corrected chi connectivity index (χ3v) is 4.28. The first-order chi connectivity index (χ1) is 9.56. The molecule has 2 aromatic rings. The number of aromatic nitrogens is 1. The first kappa shape index (κ1) is 13.8. The summed E-state index contributed by atoms with van der Waals surface area (Å²) in [5.74, 6) is -0.773. The Morgan fingerprint density at radius 2 is 2.10 bits per heavy atom. The summed E-state index contributed by atoms with van der Waals surface area (Å²) in [5.41, 5.74) is 0.701. The molecule has 1 aliphatic rings. The maximum Gasteiger partial charge on any atom is 0.272 e. The van der Waals surface area contributed by atoms with Crippen LogP contribution in [0.3, 0.4) is 0 Å². The fraction of sp³-hybridized carbons (Fsp3) is 0.214. The van der Waals surface area contributed by atoms with Gasteiger partial charge in [0.2, 0.25) is 0 Å². The van der Waals surface area contributed by atoms with Crippen LogP contribution in [0, 0.1) is 5.82 Å². The van der Waals surface area contributed by atoms with Crippen molar-refractivity contribution in [3.05, 3.63) is 50.9 Å². The number of rotatable bonds is 3. The molecule has 1 aliphatic carbocycles. The fourth-order valence-corrected chi connectivity index (χ4v) is 2.96. The number of benzene rings is 1. The Morgan fingerprint density at radius 1 is 1.35 bits per heavy atom. The van der Waals surface area contributed by atoms with Gasteiger partial charge >= 0.3 is 0 Å². The Balaban J connectivity index is 1.90. The van der Waals surface area contributed by atoms with Crippen molar-refractivity contribution < 1.29 is 9.18 Å². The van der Waals surface area contributed by atoms with Crippen LogP contribution in [0.1, 0.15) is 29.4 Å². The number of anilines is 1. The molecule has 0 bridgehead atoms. The zero-order valence-corrected chi connectivity index (χ0v) is 13.5. The maximum atomic E-state index is 13.7. The number of halogens is 3. The lowest BCUT2D eigenvalue weighted by atomic mass is 10.3. The predicted molar refractivity (Wildman–Crippen MR) is 82.5 cm³/mol. The SMILES string of the molecule is O=C(Nc1c(F)cccc1Br)c1cc(Br)cn1C1CC1. The molecule has 1 saturated carbocycles. The van der Waals surface area contributed by atoms with Crippen LogP contribution in [0.25, 0.3) is 0 Å². The van der Waals surface area contributed by atoms with E-state index in [1.807, 2.05) is 10.8 Å². The van der Waals surface area contributed by atoms with E-state index in [1.54, 1.807) is 18.2 Å². The number of carbonyl (C=O) groups is 1. The summed E-state index contributed by atoms with van der Waals surface area (Å²) in [4.78, 5) is 12.3. The van der Waals surface area contributed by atoms with Gasteiger partial charge in [0.05, 0.1) is 5.69 Å². The Kier molecular flexibility index (Phi) is 3.69. The van der Waals surface area contributed by atoms with E-state index in [4.69, 9.17) is 0 Å². The molecule has 20 heavy (non-hydrogen) atoms. The molecule has 1 heterocycles. The van der Waals surface area contributed by atoms with Gasteiger partial charge in [0.15, 0.2) is 0 Å². The molecule has 0 aliphatic heterocycles. The number of para-hydroxylation sites is 1. The van der Waals surface area contributed by atoms with Gasteiger partial charge in [-0.3, -0.25) is 4.79 Å². The zero-order chi connectivity index (χ0) is 14.3. The molecule has 3 nitrogen and oxygen atoms in total. The quantitative estimate of drug-likeness (QED) is 0.791. The summed E-state index contributed by atoms with van der Waals surface area (Å²) >= 11 is 6.62. The van der Waals surface area contributed by atoms with Gasteiger partial charge in [0.1, 0.15) is 11.5 Å². The summed E-state index contributed by atoms with van der Waals surface area (Å²) in [6.07, 6.45) is 4.04. The zero-order valence-electron chi connectivity index (χ0n) is 10.4. The van der Waals surface area contributed by atoms with E-state index >= 15 is 0 Å². The molecule has 0 saturated heterocycles. The van der Waals surface area contributed by atoms with Gasteiger partial charge in [0.25, 0.3) is 5.91 Å². The third kappa shape index (κ3) is 2.67. The molecule has 6 heteroatoms. The second-order valence-electron chi connectivity index (χ2n) is 4.73. The number of nitrogens with one attached hydrogen (secondary N) is 1. The largest absolute Gasteiger partial charge is 0.339 e. The molecule has 0 spiro atoms. The van der Waals surface area contributed by atoms with E-state index in [-0.39, 0.29) is 11.6 Å². The minimum Gasteiger partial charge on any atom is -0.339 e. The summed E-state index contributed by atoms with van der Waals surface area (Å²) in [6, 6.07) is 6.72. The number of hydrogen-bond acceptors (Lipinski definition) is 1. The minimum atomic E-state index is -0.462. The van der Waals surface area contributed by atoms with Crippen LogP contribution in [-0.2, 0) is 0 Å². The summed E-state index contributed by atoms with van der Waals surface area (Å²) in [7, 11) is 0. The van der Waals surface area contributed by atoms with Crippen molar-refractivity contribution in [2.45, 2.75) is 18.9 Å². The number of nitrogens with zero attached hydrogens (tertiary/aromatic N) is 1. The molecule has 0 atom stereocenters. The highest BCUT2D eigenvalue weighted by atomic mass is 79.9. The lowest BCUT2D eigenvalue weighted by molar-refractivity contribution is 0.101. The van der Waals surface area contributed by atoms with Crippen molar-refractivity contribution in [1.29, 1.82) is 0 Å². The number of amides is 1. The average molecular weight is 402 g/mol. The molecule has 1 aromatic heterocycles. The summed E-state index contributed by atoms with van der Waals surface area (Å²) < 4.78 is 17.1. The lowest BCUT2D eigenvalue weighted by Gasteiger charge is -2.10. The van der Waals surface area contributed by atoms with Crippen LogP contribution < -0.4 is 5.32 Å². The van der Waals surface area contributed by atoms with Crippen LogP contribution in [0.4, 0.5) is 10.1 Å². The van der Waals surface area contributed by atoms with E-state index in [9.17, 15) is 9.18 Å². The van der Waals surface area contributed by atoms with Crippen molar-refractivity contribution in [2.75, 3.05) is 5.32 Å². The van der Waals surface area contributed by atoms with Gasteiger partial charge in [-0.1, -0.05) is 6.07 Å². The monoisotopic (exact) mass is 400 g/mol. The fourth-order valence-electron chi connectivity index (χ4n) is 2.08. The molecule has 1 aromatic carbocycles. The molecule has 104 valence electrons. The Labute approximate surface area is 132 Å². The molecule has 0 radical (unpaired) electrons. The lowest BCUT2D eigenvalue weighted by Crippen LogP contribution is -2.17. The van der Waals surface area contributed by atoms with Crippen LogP contribution in [0.5, 0.6) is 0 Å². The van der Waals surface area contributed by atoms with Gasteiger partial charge in [-0.25, -0.2) is 4.39 Å². The number of carbonyl (C=O) groups excluding carboxylic acids is 1. The Bertz CT molecular complexity index is 660. The maximum absolute atomic E-state index is 13.7. The molecule has 1 amide bonds. The van der Waals surface area contributed by atoms with Gasteiger partial charge < -0.3 is 9.88 Å². The van der Waals surface area contributed by atoms with Crippen LogP contribution >= 0.6 is 31.9 Å². The van der Waals surface area contributed by atoms with Crippen LogP contribution in [-0.4, -0.2) is 10.5 Å². The second kappa shape index (κ2) is 5.33. The molecular formula is C14H11Br2FN2O. The Morgan fingerprint density at radius 3 is 2.75 bits per heavy atom. The summed E-state index contributed by atoms with van der Waals surface area (Å²) in [6.45, 7) is 0. The topological polar surface area (TPSA) is 34.0 Å². The van der Waals surface area contributed by atoms with Crippen molar-refractivity contribution >= 4 is 43.5 Å². The van der Waals surface area contributed by atoms with Gasteiger partial charge in [0, 0.05) is 21.2 Å². The average Bonchev–Trinajstić information content (AvgIpc) is 3.17. The van der Waals surface area contributed by atoms with Crippen molar-refractivity contribution in [2.24, 2.45) is 0 Å². The first-order valence-electron chi connectivity index (χ1n) is 6.19. The minimum absolute atomic E-state index is 0.164. The predicted octanol–water partition coefficient (Wildman–Crippen LogP) is 4.74. The van der Waals surface area contributed by atoms with E-state index < -0.39 is 5.82 Å². The molecule has 3 rings (SSSR count). The van der Waals surface area contributed by atoms with E-state index in [0.29, 0.717) is 16.2 Å².